The third-order valence-electron chi connectivity index (χ3n) is 7.17. The molecule has 4 aromatic rings. The highest BCUT2D eigenvalue weighted by molar-refractivity contribution is 5.79. The van der Waals surface area contributed by atoms with Crippen molar-refractivity contribution in [1.82, 2.24) is 35.3 Å². The van der Waals surface area contributed by atoms with E-state index in [2.05, 4.69) is 30.6 Å². The van der Waals surface area contributed by atoms with E-state index in [1.165, 1.54) is 10.9 Å². The van der Waals surface area contributed by atoms with Gasteiger partial charge < -0.3 is 5.32 Å². The SMILES string of the molecule is Cc1cc(Cc2cc(C)[nH]n2)nc(C2(F)CCC(C(=O)N[C@@H](C)c3ccc(-n4cc(F)cn4)nc3)CC2)c1. The van der Waals surface area contributed by atoms with E-state index in [4.69, 9.17) is 0 Å². The molecule has 0 spiro atoms. The molecule has 4 heterocycles. The Kier molecular flexibility index (Phi) is 7.05. The molecule has 0 aromatic carbocycles. The van der Waals surface area contributed by atoms with Crippen LogP contribution in [0.1, 0.15) is 72.6 Å². The zero-order chi connectivity index (χ0) is 26.9. The summed E-state index contributed by atoms with van der Waals surface area (Å²) >= 11 is 0. The number of carbonyl (C=O) groups excluding carboxylic acids is 1. The number of alkyl halides is 1. The molecule has 1 saturated carbocycles. The first-order valence-corrected chi connectivity index (χ1v) is 12.8. The Balaban J connectivity index is 1.19. The van der Waals surface area contributed by atoms with Crippen LogP contribution >= 0.6 is 0 Å². The number of nitrogens with one attached hydrogen (secondary N) is 2. The first-order chi connectivity index (χ1) is 18.2. The van der Waals surface area contributed by atoms with Gasteiger partial charge in [-0.15, -0.1) is 0 Å². The number of aromatic nitrogens is 6. The summed E-state index contributed by atoms with van der Waals surface area (Å²) in [6, 6.07) is 9.01. The number of aromatic amines is 1. The molecule has 1 fully saturated rings. The molecule has 8 nitrogen and oxygen atoms in total. The lowest BCUT2D eigenvalue weighted by Crippen LogP contribution is -2.38. The molecule has 1 amide bonds. The number of H-pyrrole nitrogens is 1. The Morgan fingerprint density at radius 3 is 2.61 bits per heavy atom. The number of pyridine rings is 2. The maximum absolute atomic E-state index is 16.1. The third-order valence-corrected chi connectivity index (χ3v) is 7.17. The second-order valence-corrected chi connectivity index (χ2v) is 10.3. The van der Waals surface area contributed by atoms with Crippen LogP contribution in [0.4, 0.5) is 8.78 Å². The predicted molar refractivity (Wildman–Crippen MR) is 138 cm³/mol. The van der Waals surface area contributed by atoms with E-state index in [1.807, 2.05) is 45.0 Å². The quantitative estimate of drug-likeness (QED) is 0.359. The second kappa shape index (κ2) is 10.4. The summed E-state index contributed by atoms with van der Waals surface area (Å²) in [5, 5.41) is 14.1. The van der Waals surface area contributed by atoms with E-state index < -0.39 is 11.5 Å². The van der Waals surface area contributed by atoms with Gasteiger partial charge in [-0.2, -0.15) is 10.2 Å². The van der Waals surface area contributed by atoms with Crippen molar-refractivity contribution < 1.29 is 13.6 Å². The van der Waals surface area contributed by atoms with Crippen molar-refractivity contribution in [3.05, 3.63) is 88.6 Å². The van der Waals surface area contributed by atoms with Gasteiger partial charge >= 0.3 is 0 Å². The van der Waals surface area contributed by atoms with Crippen LogP contribution in [0, 0.1) is 25.6 Å². The molecule has 5 rings (SSSR count). The highest BCUT2D eigenvalue weighted by Crippen LogP contribution is 2.42. The summed E-state index contributed by atoms with van der Waals surface area (Å²) < 4.78 is 30.7. The minimum atomic E-state index is -1.56. The first-order valence-electron chi connectivity index (χ1n) is 12.8. The second-order valence-electron chi connectivity index (χ2n) is 10.3. The van der Waals surface area contributed by atoms with Gasteiger partial charge in [-0.25, -0.2) is 18.4 Å². The molecule has 0 radical (unpaired) electrons. The molecule has 0 bridgehead atoms. The lowest BCUT2D eigenvalue weighted by Gasteiger charge is -2.33. The predicted octanol–water partition coefficient (Wildman–Crippen LogP) is 4.96. The van der Waals surface area contributed by atoms with Crippen molar-refractivity contribution >= 4 is 5.91 Å². The van der Waals surface area contributed by atoms with E-state index in [-0.39, 0.29) is 30.7 Å². The number of halogens is 2. The molecule has 1 aliphatic rings. The minimum absolute atomic E-state index is 0.0930. The van der Waals surface area contributed by atoms with Gasteiger partial charge in [0, 0.05) is 29.9 Å². The van der Waals surface area contributed by atoms with Crippen LogP contribution in [0.3, 0.4) is 0 Å². The molecule has 1 atom stereocenters. The number of carbonyl (C=O) groups is 1. The van der Waals surface area contributed by atoms with Crippen LogP contribution in [0.15, 0.2) is 48.9 Å². The summed E-state index contributed by atoms with van der Waals surface area (Å²) in [4.78, 5) is 22.0. The summed E-state index contributed by atoms with van der Waals surface area (Å²) in [7, 11) is 0. The Hall–Kier alpha value is -3.95. The molecule has 2 N–H and O–H groups in total. The van der Waals surface area contributed by atoms with Crippen molar-refractivity contribution in [3.63, 3.8) is 0 Å². The van der Waals surface area contributed by atoms with Gasteiger partial charge in [-0.05, 0) is 81.8 Å². The lowest BCUT2D eigenvalue weighted by molar-refractivity contribution is -0.127. The summed E-state index contributed by atoms with van der Waals surface area (Å²) in [5.41, 5.74) is 3.28. The average Bonchev–Trinajstić information content (AvgIpc) is 3.51. The average molecular weight is 520 g/mol. The fourth-order valence-corrected chi connectivity index (χ4v) is 5.03. The molecular weight excluding hydrogens is 488 g/mol. The fourth-order valence-electron chi connectivity index (χ4n) is 5.03. The Morgan fingerprint density at radius 1 is 1.18 bits per heavy atom. The van der Waals surface area contributed by atoms with E-state index in [9.17, 15) is 9.18 Å². The van der Waals surface area contributed by atoms with E-state index in [0.29, 0.717) is 30.8 Å². The number of hydrogen-bond acceptors (Lipinski definition) is 5. The monoisotopic (exact) mass is 519 g/mol. The topological polar surface area (TPSA) is 101 Å². The first kappa shape index (κ1) is 25.7. The zero-order valence-electron chi connectivity index (χ0n) is 21.7. The number of aryl methyl sites for hydroxylation is 2. The zero-order valence-corrected chi connectivity index (χ0v) is 21.7. The van der Waals surface area contributed by atoms with Crippen molar-refractivity contribution in [2.45, 2.75) is 64.6 Å². The van der Waals surface area contributed by atoms with Crippen molar-refractivity contribution in [1.29, 1.82) is 0 Å². The summed E-state index contributed by atoms with van der Waals surface area (Å²) in [6.45, 7) is 5.77. The molecule has 198 valence electrons. The third kappa shape index (κ3) is 5.64. The minimum Gasteiger partial charge on any atom is -0.349 e. The largest absolute Gasteiger partial charge is 0.349 e. The van der Waals surface area contributed by atoms with Gasteiger partial charge in [0.05, 0.1) is 29.8 Å². The normalized spacial score (nSPS) is 20.3. The maximum atomic E-state index is 16.1. The van der Waals surface area contributed by atoms with Gasteiger partial charge in [0.2, 0.25) is 5.91 Å². The fraction of sp³-hybridized carbons (Fsp3) is 0.393. The van der Waals surface area contributed by atoms with Gasteiger partial charge in [0.15, 0.2) is 17.3 Å². The van der Waals surface area contributed by atoms with E-state index >= 15 is 4.39 Å². The lowest BCUT2D eigenvalue weighted by atomic mass is 9.77. The molecule has 4 aromatic heterocycles. The maximum Gasteiger partial charge on any atom is 0.223 e. The molecule has 0 unspecified atom stereocenters. The van der Waals surface area contributed by atoms with Gasteiger partial charge in [-0.3, -0.25) is 14.9 Å². The molecule has 0 saturated heterocycles. The van der Waals surface area contributed by atoms with Crippen LogP contribution in [0.25, 0.3) is 5.82 Å². The van der Waals surface area contributed by atoms with E-state index in [0.717, 1.165) is 34.4 Å². The van der Waals surface area contributed by atoms with Crippen molar-refractivity contribution in [2.75, 3.05) is 0 Å². The van der Waals surface area contributed by atoms with Crippen molar-refractivity contribution in [2.24, 2.45) is 5.92 Å². The summed E-state index contributed by atoms with van der Waals surface area (Å²) in [5.74, 6) is -0.319. The summed E-state index contributed by atoms with van der Waals surface area (Å²) in [6.07, 6.45) is 5.91. The number of amides is 1. The Morgan fingerprint density at radius 2 is 1.97 bits per heavy atom. The molecule has 1 aliphatic carbocycles. The highest BCUT2D eigenvalue weighted by atomic mass is 19.1. The van der Waals surface area contributed by atoms with Crippen LogP contribution in [-0.2, 0) is 16.9 Å². The molecular formula is C28H31F2N7O. The number of nitrogens with zero attached hydrogens (tertiary/aromatic N) is 5. The molecule has 0 aliphatic heterocycles. The highest BCUT2D eigenvalue weighted by Gasteiger charge is 2.40. The van der Waals surface area contributed by atoms with Gasteiger partial charge in [0.1, 0.15) is 0 Å². The smallest absolute Gasteiger partial charge is 0.223 e. The van der Waals surface area contributed by atoms with Crippen molar-refractivity contribution in [3.8, 4) is 5.82 Å². The molecule has 10 heteroatoms. The Labute approximate surface area is 219 Å². The van der Waals surface area contributed by atoms with Crippen LogP contribution in [-0.4, -0.2) is 35.9 Å². The Bertz CT molecular complexity index is 1420. The van der Waals surface area contributed by atoms with Crippen LogP contribution in [0.2, 0.25) is 0 Å². The number of rotatable bonds is 7. The standard InChI is InChI=1S/C28H31F2N7O/c1-17-10-23(13-24-12-18(2)35-36-24)34-25(11-17)28(30)8-6-20(7-9-28)27(38)33-19(3)21-4-5-26(31-14-21)37-16-22(29)15-32-37/h4-5,10-12,14-16,19-20H,6-9,13H2,1-3H3,(H,33,38)(H,35,36)/t19-,20?,28?/m0/s1. The van der Waals surface area contributed by atoms with Gasteiger partial charge in [0.25, 0.3) is 0 Å². The molecule has 38 heavy (non-hydrogen) atoms. The van der Waals surface area contributed by atoms with Gasteiger partial charge in [-0.1, -0.05) is 6.07 Å². The van der Waals surface area contributed by atoms with E-state index in [1.54, 1.807) is 12.3 Å². The van der Waals surface area contributed by atoms with Crippen LogP contribution < -0.4 is 5.32 Å². The number of hydrogen-bond donors (Lipinski definition) is 2. The van der Waals surface area contributed by atoms with Crippen LogP contribution in [0.5, 0.6) is 0 Å².